The summed E-state index contributed by atoms with van der Waals surface area (Å²) in [6.45, 7) is 7.59. The third kappa shape index (κ3) is 3.22. The number of nitrogens with zero attached hydrogens (tertiary/aromatic N) is 4. The molecule has 136 valence electrons. The summed E-state index contributed by atoms with van der Waals surface area (Å²) >= 11 is 0. The van der Waals surface area contributed by atoms with Gasteiger partial charge in [-0.3, -0.25) is 9.69 Å². The minimum Gasteiger partial charge on any atom is -0.454 e. The number of anilines is 1. The second-order valence-electron chi connectivity index (χ2n) is 6.64. The Hall–Kier alpha value is -2.67. The molecule has 1 saturated heterocycles. The van der Waals surface area contributed by atoms with Crippen LogP contribution in [0.3, 0.4) is 0 Å². The first kappa shape index (κ1) is 16.8. The Balaban J connectivity index is 1.39. The van der Waals surface area contributed by atoms with E-state index in [0.29, 0.717) is 24.3 Å². The van der Waals surface area contributed by atoms with E-state index < -0.39 is 0 Å². The molecule has 1 atom stereocenters. The fourth-order valence-corrected chi connectivity index (χ4v) is 3.36. The summed E-state index contributed by atoms with van der Waals surface area (Å²) in [4.78, 5) is 24.6. The van der Waals surface area contributed by atoms with E-state index in [-0.39, 0.29) is 5.78 Å². The Bertz CT molecular complexity index is 801. The number of benzene rings is 1. The van der Waals surface area contributed by atoms with Crippen LogP contribution in [0.2, 0.25) is 0 Å². The smallest absolute Gasteiger partial charge is 0.231 e. The van der Waals surface area contributed by atoms with Crippen molar-refractivity contribution in [3.63, 3.8) is 0 Å². The van der Waals surface area contributed by atoms with Crippen molar-refractivity contribution >= 4 is 11.7 Å². The van der Waals surface area contributed by atoms with Crippen molar-refractivity contribution in [1.82, 2.24) is 14.9 Å². The maximum absolute atomic E-state index is 11.3. The highest BCUT2D eigenvalue weighted by Gasteiger charge is 2.25. The molecular weight excluding hydrogens is 332 g/mol. The molecule has 0 N–H and O–H groups in total. The summed E-state index contributed by atoms with van der Waals surface area (Å²) in [6.07, 6.45) is 3.21. The number of hydrogen-bond acceptors (Lipinski definition) is 7. The molecule has 0 saturated carbocycles. The summed E-state index contributed by atoms with van der Waals surface area (Å²) in [6, 6.07) is 6.46. The number of fused-ring (bicyclic) bond motifs is 1. The Morgan fingerprint density at radius 3 is 2.46 bits per heavy atom. The standard InChI is InChI=1S/C19H22N4O3/c1-13(15-3-4-17-18(9-15)26-12-25-17)22-5-7-23(8-6-22)19-20-10-16(11-21-19)14(2)24/h3-4,9-11,13H,5-8,12H2,1-2H3. The number of Topliss-reactive ketones (excluding diaryl/α,β-unsaturated/α-hetero) is 1. The van der Waals surface area contributed by atoms with Crippen LogP contribution in [0.5, 0.6) is 11.5 Å². The molecule has 0 spiro atoms. The van der Waals surface area contributed by atoms with Gasteiger partial charge < -0.3 is 14.4 Å². The van der Waals surface area contributed by atoms with Gasteiger partial charge in [-0.25, -0.2) is 9.97 Å². The predicted molar refractivity (Wildman–Crippen MR) is 96.8 cm³/mol. The van der Waals surface area contributed by atoms with Gasteiger partial charge in [0, 0.05) is 44.6 Å². The highest BCUT2D eigenvalue weighted by atomic mass is 16.7. The predicted octanol–water partition coefficient (Wildman–Crippen LogP) is 2.29. The number of rotatable bonds is 4. The van der Waals surface area contributed by atoms with E-state index in [9.17, 15) is 4.79 Å². The molecule has 2 aromatic rings. The molecule has 2 aliphatic rings. The van der Waals surface area contributed by atoms with Gasteiger partial charge in [0.25, 0.3) is 0 Å². The quantitative estimate of drug-likeness (QED) is 0.780. The van der Waals surface area contributed by atoms with Crippen LogP contribution in [0.15, 0.2) is 30.6 Å². The number of ketones is 1. The van der Waals surface area contributed by atoms with Crippen molar-refractivity contribution in [2.45, 2.75) is 19.9 Å². The number of hydrogen-bond donors (Lipinski definition) is 0. The molecular formula is C19H22N4O3. The molecule has 3 heterocycles. The Kier molecular flexibility index (Phi) is 4.46. The summed E-state index contributed by atoms with van der Waals surface area (Å²) in [5.74, 6) is 2.31. The van der Waals surface area contributed by atoms with Crippen LogP contribution in [-0.2, 0) is 0 Å². The van der Waals surface area contributed by atoms with Crippen LogP contribution in [-0.4, -0.2) is 53.6 Å². The van der Waals surface area contributed by atoms with Crippen molar-refractivity contribution in [3.8, 4) is 11.5 Å². The van der Waals surface area contributed by atoms with Crippen molar-refractivity contribution in [2.75, 3.05) is 37.9 Å². The zero-order valence-electron chi connectivity index (χ0n) is 15.0. The van der Waals surface area contributed by atoms with Crippen molar-refractivity contribution < 1.29 is 14.3 Å². The maximum Gasteiger partial charge on any atom is 0.231 e. The minimum absolute atomic E-state index is 0.0149. The van der Waals surface area contributed by atoms with E-state index in [0.717, 1.165) is 37.7 Å². The SMILES string of the molecule is CC(=O)c1cnc(N2CCN(C(C)c3ccc4c(c3)OCO4)CC2)nc1. The van der Waals surface area contributed by atoms with Crippen LogP contribution >= 0.6 is 0 Å². The summed E-state index contributed by atoms with van der Waals surface area (Å²) in [5, 5.41) is 0. The van der Waals surface area contributed by atoms with Gasteiger partial charge in [-0.2, -0.15) is 0 Å². The zero-order valence-corrected chi connectivity index (χ0v) is 15.0. The van der Waals surface area contributed by atoms with E-state index in [1.807, 2.05) is 6.07 Å². The molecule has 0 amide bonds. The van der Waals surface area contributed by atoms with E-state index in [1.165, 1.54) is 12.5 Å². The first-order chi connectivity index (χ1) is 12.6. The average Bonchev–Trinajstić information content (AvgIpc) is 3.15. The topological polar surface area (TPSA) is 67.8 Å². The number of piperazine rings is 1. The molecule has 2 aliphatic heterocycles. The van der Waals surface area contributed by atoms with Gasteiger partial charge in [0.05, 0.1) is 5.56 Å². The van der Waals surface area contributed by atoms with Crippen LogP contribution in [0.1, 0.15) is 35.8 Å². The van der Waals surface area contributed by atoms with Crippen molar-refractivity contribution in [3.05, 3.63) is 41.7 Å². The van der Waals surface area contributed by atoms with Gasteiger partial charge in [0.1, 0.15) is 0 Å². The monoisotopic (exact) mass is 354 g/mol. The molecule has 1 unspecified atom stereocenters. The van der Waals surface area contributed by atoms with E-state index >= 15 is 0 Å². The van der Waals surface area contributed by atoms with E-state index in [2.05, 4.69) is 38.8 Å². The molecule has 7 heteroatoms. The lowest BCUT2D eigenvalue weighted by molar-refractivity contribution is 0.101. The summed E-state index contributed by atoms with van der Waals surface area (Å²) < 4.78 is 10.9. The van der Waals surface area contributed by atoms with Crippen molar-refractivity contribution in [1.29, 1.82) is 0 Å². The maximum atomic E-state index is 11.3. The molecule has 1 aromatic carbocycles. The third-order valence-corrected chi connectivity index (χ3v) is 5.07. The molecule has 4 rings (SSSR count). The van der Waals surface area contributed by atoms with E-state index in [4.69, 9.17) is 9.47 Å². The number of aromatic nitrogens is 2. The number of ether oxygens (including phenoxy) is 2. The molecule has 1 fully saturated rings. The highest BCUT2D eigenvalue weighted by molar-refractivity contribution is 5.93. The van der Waals surface area contributed by atoms with Crippen LogP contribution in [0, 0.1) is 0 Å². The van der Waals surface area contributed by atoms with Crippen LogP contribution in [0.4, 0.5) is 5.95 Å². The van der Waals surface area contributed by atoms with Gasteiger partial charge in [0.2, 0.25) is 12.7 Å². The molecule has 0 radical (unpaired) electrons. The summed E-state index contributed by atoms with van der Waals surface area (Å²) in [7, 11) is 0. The second-order valence-corrected chi connectivity index (χ2v) is 6.64. The first-order valence-corrected chi connectivity index (χ1v) is 8.83. The van der Waals surface area contributed by atoms with E-state index in [1.54, 1.807) is 12.4 Å². The van der Waals surface area contributed by atoms with Gasteiger partial charge in [-0.05, 0) is 31.5 Å². The fraction of sp³-hybridized carbons (Fsp3) is 0.421. The highest BCUT2D eigenvalue weighted by Crippen LogP contribution is 2.35. The largest absolute Gasteiger partial charge is 0.454 e. The van der Waals surface area contributed by atoms with Gasteiger partial charge in [-0.1, -0.05) is 6.07 Å². The lowest BCUT2D eigenvalue weighted by Crippen LogP contribution is -2.47. The normalized spacial score (nSPS) is 18.0. The van der Waals surface area contributed by atoms with Crippen molar-refractivity contribution in [2.24, 2.45) is 0 Å². The number of carbonyl (C=O) groups is 1. The lowest BCUT2D eigenvalue weighted by atomic mass is 10.1. The zero-order chi connectivity index (χ0) is 18.1. The Labute approximate surface area is 152 Å². The Morgan fingerprint density at radius 2 is 1.77 bits per heavy atom. The molecule has 7 nitrogen and oxygen atoms in total. The molecule has 26 heavy (non-hydrogen) atoms. The third-order valence-electron chi connectivity index (χ3n) is 5.07. The van der Waals surface area contributed by atoms with Gasteiger partial charge in [-0.15, -0.1) is 0 Å². The number of carbonyl (C=O) groups excluding carboxylic acids is 1. The summed E-state index contributed by atoms with van der Waals surface area (Å²) in [5.41, 5.74) is 1.77. The molecule has 0 bridgehead atoms. The molecule has 0 aliphatic carbocycles. The fourth-order valence-electron chi connectivity index (χ4n) is 3.36. The van der Waals surface area contributed by atoms with Gasteiger partial charge >= 0.3 is 0 Å². The molecule has 1 aromatic heterocycles. The lowest BCUT2D eigenvalue weighted by Gasteiger charge is -2.38. The van der Waals surface area contributed by atoms with Gasteiger partial charge in [0.15, 0.2) is 17.3 Å². The minimum atomic E-state index is -0.0149. The first-order valence-electron chi connectivity index (χ1n) is 8.83. The second kappa shape index (κ2) is 6.92. The average molecular weight is 354 g/mol. The Morgan fingerprint density at radius 1 is 1.08 bits per heavy atom. The van der Waals surface area contributed by atoms with Crippen LogP contribution in [0.25, 0.3) is 0 Å². The van der Waals surface area contributed by atoms with Crippen LogP contribution < -0.4 is 14.4 Å².